The first-order chi connectivity index (χ1) is 8.29. The standard InChI is InChI=1S/C13H22N4/c1-11-4-3-6-17(7-5-11)13-10-15-12(8-14-2)9-16-13/h9-11,14H,3-8H2,1-2H3. The lowest BCUT2D eigenvalue weighted by atomic mass is 10.0. The second-order valence-corrected chi connectivity index (χ2v) is 4.92. The van der Waals surface area contributed by atoms with Gasteiger partial charge in [-0.15, -0.1) is 0 Å². The van der Waals surface area contributed by atoms with Crippen molar-refractivity contribution in [2.24, 2.45) is 5.92 Å². The molecular weight excluding hydrogens is 212 g/mol. The fraction of sp³-hybridized carbons (Fsp3) is 0.692. The molecule has 1 fully saturated rings. The lowest BCUT2D eigenvalue weighted by Gasteiger charge is -2.21. The van der Waals surface area contributed by atoms with Gasteiger partial charge in [-0.1, -0.05) is 6.92 Å². The Hall–Kier alpha value is -1.16. The van der Waals surface area contributed by atoms with Gasteiger partial charge in [-0.3, -0.25) is 4.98 Å². The molecular formula is C13H22N4. The second-order valence-electron chi connectivity index (χ2n) is 4.92. The first kappa shape index (κ1) is 12.3. The molecule has 2 rings (SSSR count). The Morgan fingerprint density at radius 2 is 2.18 bits per heavy atom. The first-order valence-corrected chi connectivity index (χ1v) is 6.50. The Kier molecular flexibility index (Phi) is 4.31. The summed E-state index contributed by atoms with van der Waals surface area (Å²) >= 11 is 0. The number of nitrogens with one attached hydrogen (secondary N) is 1. The SMILES string of the molecule is CNCc1cnc(N2CCCC(C)CC2)cn1. The predicted octanol–water partition coefficient (Wildman–Crippen LogP) is 1.82. The molecule has 0 saturated carbocycles. The second kappa shape index (κ2) is 5.96. The summed E-state index contributed by atoms with van der Waals surface area (Å²) < 4.78 is 0. The molecule has 0 spiro atoms. The van der Waals surface area contributed by atoms with Crippen molar-refractivity contribution in [3.63, 3.8) is 0 Å². The lowest BCUT2D eigenvalue weighted by Crippen LogP contribution is -2.25. The number of anilines is 1. The molecule has 1 unspecified atom stereocenters. The number of nitrogens with zero attached hydrogens (tertiary/aromatic N) is 3. The van der Waals surface area contributed by atoms with Crippen LogP contribution in [-0.2, 0) is 6.54 Å². The molecule has 0 aliphatic carbocycles. The monoisotopic (exact) mass is 234 g/mol. The molecule has 0 aromatic carbocycles. The van der Waals surface area contributed by atoms with Gasteiger partial charge in [0.15, 0.2) is 0 Å². The summed E-state index contributed by atoms with van der Waals surface area (Å²) in [5.74, 6) is 1.87. The third-order valence-corrected chi connectivity index (χ3v) is 3.39. The van der Waals surface area contributed by atoms with Crippen LogP contribution < -0.4 is 10.2 Å². The van der Waals surface area contributed by atoms with Crippen LogP contribution in [0.15, 0.2) is 12.4 Å². The van der Waals surface area contributed by atoms with Gasteiger partial charge in [0.05, 0.1) is 18.1 Å². The summed E-state index contributed by atoms with van der Waals surface area (Å²) in [6.07, 6.45) is 7.64. The van der Waals surface area contributed by atoms with Gasteiger partial charge in [0.25, 0.3) is 0 Å². The summed E-state index contributed by atoms with van der Waals surface area (Å²) in [5, 5.41) is 3.08. The van der Waals surface area contributed by atoms with E-state index in [1.807, 2.05) is 19.4 Å². The van der Waals surface area contributed by atoms with Crippen molar-refractivity contribution < 1.29 is 0 Å². The highest BCUT2D eigenvalue weighted by molar-refractivity contribution is 5.35. The molecule has 4 heteroatoms. The predicted molar refractivity (Wildman–Crippen MR) is 70.0 cm³/mol. The molecule has 1 aliphatic heterocycles. The maximum absolute atomic E-state index is 4.51. The van der Waals surface area contributed by atoms with Crippen LogP contribution in [0.25, 0.3) is 0 Å². The highest BCUT2D eigenvalue weighted by atomic mass is 15.2. The third-order valence-electron chi connectivity index (χ3n) is 3.39. The normalized spacial score (nSPS) is 21.3. The first-order valence-electron chi connectivity index (χ1n) is 6.50. The van der Waals surface area contributed by atoms with E-state index in [1.54, 1.807) is 0 Å². The van der Waals surface area contributed by atoms with Crippen LogP contribution in [0, 0.1) is 5.92 Å². The van der Waals surface area contributed by atoms with Gasteiger partial charge in [-0.2, -0.15) is 0 Å². The fourth-order valence-corrected chi connectivity index (χ4v) is 2.28. The Bertz CT molecular complexity index is 336. The van der Waals surface area contributed by atoms with E-state index >= 15 is 0 Å². The minimum atomic E-state index is 0.782. The molecule has 1 saturated heterocycles. The van der Waals surface area contributed by atoms with Crippen molar-refractivity contribution in [2.75, 3.05) is 25.0 Å². The van der Waals surface area contributed by atoms with Gasteiger partial charge in [0, 0.05) is 19.6 Å². The maximum atomic E-state index is 4.51. The van der Waals surface area contributed by atoms with Gasteiger partial charge in [0.2, 0.25) is 0 Å². The van der Waals surface area contributed by atoms with Crippen molar-refractivity contribution in [1.82, 2.24) is 15.3 Å². The van der Waals surface area contributed by atoms with E-state index in [1.165, 1.54) is 19.3 Å². The number of aromatic nitrogens is 2. The lowest BCUT2D eigenvalue weighted by molar-refractivity contribution is 0.521. The third kappa shape index (κ3) is 3.40. The highest BCUT2D eigenvalue weighted by Crippen LogP contribution is 2.20. The molecule has 0 bridgehead atoms. The van der Waals surface area contributed by atoms with Crippen LogP contribution in [0.1, 0.15) is 31.9 Å². The summed E-state index contributed by atoms with van der Waals surface area (Å²) in [5.41, 5.74) is 0.999. The van der Waals surface area contributed by atoms with E-state index < -0.39 is 0 Å². The molecule has 1 aromatic heterocycles. The van der Waals surface area contributed by atoms with E-state index in [0.29, 0.717) is 0 Å². The quantitative estimate of drug-likeness (QED) is 0.866. The topological polar surface area (TPSA) is 41.1 Å². The minimum Gasteiger partial charge on any atom is -0.355 e. The Balaban J connectivity index is 2.00. The van der Waals surface area contributed by atoms with E-state index in [0.717, 1.165) is 37.1 Å². The van der Waals surface area contributed by atoms with Crippen LogP contribution in [0.4, 0.5) is 5.82 Å². The van der Waals surface area contributed by atoms with Crippen molar-refractivity contribution >= 4 is 5.82 Å². The van der Waals surface area contributed by atoms with Crippen LogP contribution in [0.3, 0.4) is 0 Å². The Labute approximate surface area is 103 Å². The van der Waals surface area contributed by atoms with E-state index in [-0.39, 0.29) is 0 Å². The van der Waals surface area contributed by atoms with Crippen molar-refractivity contribution in [3.8, 4) is 0 Å². The van der Waals surface area contributed by atoms with Crippen molar-refractivity contribution in [1.29, 1.82) is 0 Å². The number of rotatable bonds is 3. The average molecular weight is 234 g/mol. The van der Waals surface area contributed by atoms with E-state index in [4.69, 9.17) is 0 Å². The molecule has 0 radical (unpaired) electrons. The highest BCUT2D eigenvalue weighted by Gasteiger charge is 2.15. The smallest absolute Gasteiger partial charge is 0.147 e. The van der Waals surface area contributed by atoms with Crippen LogP contribution in [-0.4, -0.2) is 30.1 Å². The molecule has 17 heavy (non-hydrogen) atoms. The molecule has 94 valence electrons. The molecule has 1 aliphatic rings. The van der Waals surface area contributed by atoms with Gasteiger partial charge >= 0.3 is 0 Å². The minimum absolute atomic E-state index is 0.782. The zero-order valence-corrected chi connectivity index (χ0v) is 10.8. The number of hydrogen-bond acceptors (Lipinski definition) is 4. The Morgan fingerprint density at radius 1 is 1.29 bits per heavy atom. The summed E-state index contributed by atoms with van der Waals surface area (Å²) in [6.45, 7) is 5.35. The van der Waals surface area contributed by atoms with Gasteiger partial charge in [0.1, 0.15) is 5.82 Å². The zero-order chi connectivity index (χ0) is 12.1. The van der Waals surface area contributed by atoms with E-state index in [9.17, 15) is 0 Å². The van der Waals surface area contributed by atoms with Crippen molar-refractivity contribution in [2.45, 2.75) is 32.7 Å². The van der Waals surface area contributed by atoms with Crippen molar-refractivity contribution in [3.05, 3.63) is 18.1 Å². The summed E-state index contributed by atoms with van der Waals surface area (Å²) in [6, 6.07) is 0. The number of hydrogen-bond donors (Lipinski definition) is 1. The van der Waals surface area contributed by atoms with Crippen LogP contribution in [0.5, 0.6) is 0 Å². The van der Waals surface area contributed by atoms with Crippen LogP contribution >= 0.6 is 0 Å². The molecule has 2 heterocycles. The van der Waals surface area contributed by atoms with Gasteiger partial charge < -0.3 is 10.2 Å². The summed E-state index contributed by atoms with van der Waals surface area (Å²) in [7, 11) is 1.92. The Morgan fingerprint density at radius 3 is 2.88 bits per heavy atom. The van der Waals surface area contributed by atoms with Gasteiger partial charge in [-0.25, -0.2) is 4.98 Å². The van der Waals surface area contributed by atoms with E-state index in [2.05, 4.69) is 27.1 Å². The molecule has 1 aromatic rings. The zero-order valence-electron chi connectivity index (χ0n) is 10.8. The van der Waals surface area contributed by atoms with Gasteiger partial charge in [-0.05, 0) is 32.2 Å². The largest absolute Gasteiger partial charge is 0.355 e. The molecule has 0 amide bonds. The summed E-state index contributed by atoms with van der Waals surface area (Å²) in [4.78, 5) is 11.3. The van der Waals surface area contributed by atoms with Crippen LogP contribution in [0.2, 0.25) is 0 Å². The molecule has 1 atom stereocenters. The fourth-order valence-electron chi connectivity index (χ4n) is 2.28. The maximum Gasteiger partial charge on any atom is 0.147 e. The molecule has 4 nitrogen and oxygen atoms in total. The average Bonchev–Trinajstić information content (AvgIpc) is 2.56. The molecule has 1 N–H and O–H groups in total.